The third kappa shape index (κ3) is 5.25. The molecule has 0 N–H and O–H groups in total. The van der Waals surface area contributed by atoms with Gasteiger partial charge in [-0.05, 0) is 102 Å². The molecular formula is C56H42N2. The van der Waals surface area contributed by atoms with Gasteiger partial charge in [0, 0.05) is 27.5 Å². The van der Waals surface area contributed by atoms with E-state index in [2.05, 4.69) is 204 Å². The molecule has 0 amide bonds. The van der Waals surface area contributed by atoms with E-state index >= 15 is 0 Å². The summed E-state index contributed by atoms with van der Waals surface area (Å²) in [7, 11) is 0. The van der Waals surface area contributed by atoms with E-state index in [9.17, 15) is 0 Å². The molecule has 2 heteroatoms. The molecule has 11 rings (SSSR count). The lowest BCUT2D eigenvalue weighted by Gasteiger charge is -2.22. The number of hydrogen-bond donors (Lipinski definition) is 0. The number of hydrogen-bond acceptors (Lipinski definition) is 2. The third-order valence-electron chi connectivity index (χ3n) is 12.9. The number of aromatic nitrogens is 2. The molecular weight excluding hydrogens is 701 g/mol. The number of rotatable bonds is 5. The van der Waals surface area contributed by atoms with Gasteiger partial charge in [-0.15, -0.1) is 0 Å². The zero-order chi connectivity index (χ0) is 39.2. The van der Waals surface area contributed by atoms with Crippen molar-refractivity contribution in [2.75, 3.05) is 0 Å². The van der Waals surface area contributed by atoms with Gasteiger partial charge in [0.25, 0.3) is 0 Å². The Labute approximate surface area is 340 Å². The van der Waals surface area contributed by atoms with Crippen molar-refractivity contribution in [1.82, 2.24) is 9.97 Å². The normalized spacial score (nSPS) is 14.1. The molecule has 2 aliphatic carbocycles. The number of nitrogens with zero attached hydrogens (tertiary/aromatic N) is 2. The molecule has 0 atom stereocenters. The second-order valence-corrected chi connectivity index (χ2v) is 17.0. The van der Waals surface area contributed by atoms with E-state index in [1.807, 2.05) is 6.07 Å². The van der Waals surface area contributed by atoms with Crippen molar-refractivity contribution in [3.8, 4) is 78.4 Å². The Morgan fingerprint density at radius 2 is 0.845 bits per heavy atom. The van der Waals surface area contributed by atoms with E-state index in [1.165, 1.54) is 77.5 Å². The summed E-state index contributed by atoms with van der Waals surface area (Å²) >= 11 is 0. The molecule has 58 heavy (non-hydrogen) atoms. The van der Waals surface area contributed by atoms with E-state index in [0.717, 1.165) is 33.9 Å². The van der Waals surface area contributed by atoms with Crippen LogP contribution < -0.4 is 0 Å². The van der Waals surface area contributed by atoms with Crippen LogP contribution in [-0.2, 0) is 10.8 Å². The summed E-state index contributed by atoms with van der Waals surface area (Å²) in [5.74, 6) is 0.720. The molecule has 1 heterocycles. The van der Waals surface area contributed by atoms with Crippen LogP contribution in [0.5, 0.6) is 0 Å². The average molecular weight is 743 g/mol. The highest BCUT2D eigenvalue weighted by Gasteiger charge is 2.38. The van der Waals surface area contributed by atoms with Gasteiger partial charge in [-0.1, -0.05) is 185 Å². The highest BCUT2D eigenvalue weighted by molar-refractivity contribution is 5.98. The van der Waals surface area contributed by atoms with Gasteiger partial charge >= 0.3 is 0 Å². The van der Waals surface area contributed by atoms with Gasteiger partial charge in [-0.2, -0.15) is 0 Å². The van der Waals surface area contributed by atoms with Crippen molar-refractivity contribution >= 4 is 10.8 Å². The van der Waals surface area contributed by atoms with Gasteiger partial charge in [-0.25, -0.2) is 9.97 Å². The molecule has 0 saturated heterocycles. The Kier molecular flexibility index (Phi) is 7.59. The maximum absolute atomic E-state index is 5.31. The van der Waals surface area contributed by atoms with Crippen LogP contribution in [-0.4, -0.2) is 9.97 Å². The Hall–Kier alpha value is -6.90. The fourth-order valence-electron chi connectivity index (χ4n) is 9.81. The first-order valence-corrected chi connectivity index (χ1v) is 20.3. The number of benzene rings is 8. The topological polar surface area (TPSA) is 25.8 Å². The zero-order valence-electron chi connectivity index (χ0n) is 33.2. The van der Waals surface area contributed by atoms with Crippen LogP contribution in [0.4, 0.5) is 0 Å². The molecule has 2 nitrogen and oxygen atoms in total. The molecule has 0 bridgehead atoms. The third-order valence-corrected chi connectivity index (χ3v) is 12.9. The Morgan fingerprint density at radius 1 is 0.310 bits per heavy atom. The second kappa shape index (κ2) is 12.8. The first-order chi connectivity index (χ1) is 28.3. The SMILES string of the molecule is CC1(C)c2ccccc2-c2ccc(-c3ccccc3-c3ccc(-c4cc(-c5cccc6c5-c5cc7ccccc7cc5C6(C)C)nc(-c5ccccc5)n4)cc3)cc21. The van der Waals surface area contributed by atoms with Gasteiger partial charge in [-0.3, -0.25) is 0 Å². The largest absolute Gasteiger partial charge is 0.228 e. The van der Waals surface area contributed by atoms with Crippen LogP contribution in [0.2, 0.25) is 0 Å². The lowest BCUT2D eigenvalue weighted by Crippen LogP contribution is -2.14. The summed E-state index contributed by atoms with van der Waals surface area (Å²) in [6, 6.07) is 66.3. The van der Waals surface area contributed by atoms with Crippen LogP contribution in [0.1, 0.15) is 49.9 Å². The van der Waals surface area contributed by atoms with Crippen molar-refractivity contribution in [3.63, 3.8) is 0 Å². The lowest BCUT2D eigenvalue weighted by molar-refractivity contribution is 0.660. The minimum atomic E-state index is -0.143. The second-order valence-electron chi connectivity index (χ2n) is 17.0. The summed E-state index contributed by atoms with van der Waals surface area (Å²) in [6.07, 6.45) is 0. The van der Waals surface area contributed by atoms with Crippen LogP contribution in [0, 0.1) is 0 Å². The van der Waals surface area contributed by atoms with E-state index in [-0.39, 0.29) is 10.8 Å². The summed E-state index contributed by atoms with van der Waals surface area (Å²) in [5, 5.41) is 2.52. The minimum Gasteiger partial charge on any atom is -0.228 e. The maximum Gasteiger partial charge on any atom is 0.160 e. The fraction of sp³-hybridized carbons (Fsp3) is 0.107. The van der Waals surface area contributed by atoms with Crippen molar-refractivity contribution in [1.29, 1.82) is 0 Å². The first-order valence-electron chi connectivity index (χ1n) is 20.3. The van der Waals surface area contributed by atoms with Gasteiger partial charge in [0.05, 0.1) is 11.4 Å². The van der Waals surface area contributed by atoms with E-state index < -0.39 is 0 Å². The molecule has 0 unspecified atom stereocenters. The molecule has 0 radical (unpaired) electrons. The van der Waals surface area contributed by atoms with Gasteiger partial charge in [0.1, 0.15) is 0 Å². The maximum atomic E-state index is 5.31. The smallest absolute Gasteiger partial charge is 0.160 e. The van der Waals surface area contributed by atoms with Crippen molar-refractivity contribution in [2.45, 2.75) is 38.5 Å². The van der Waals surface area contributed by atoms with Gasteiger partial charge in [0.15, 0.2) is 5.82 Å². The molecule has 9 aromatic rings. The van der Waals surface area contributed by atoms with Crippen molar-refractivity contribution in [3.05, 3.63) is 204 Å². The quantitative estimate of drug-likeness (QED) is 0.175. The van der Waals surface area contributed by atoms with E-state index in [0.29, 0.717) is 0 Å². The Morgan fingerprint density at radius 3 is 1.62 bits per heavy atom. The monoisotopic (exact) mass is 742 g/mol. The molecule has 8 aromatic carbocycles. The first kappa shape index (κ1) is 34.4. The average Bonchev–Trinajstić information content (AvgIpc) is 3.64. The van der Waals surface area contributed by atoms with E-state index in [4.69, 9.17) is 9.97 Å². The fourth-order valence-corrected chi connectivity index (χ4v) is 9.81. The highest BCUT2D eigenvalue weighted by atomic mass is 14.9. The summed E-state index contributed by atoms with van der Waals surface area (Å²) in [5.41, 5.74) is 20.4. The molecule has 1 aromatic heterocycles. The molecule has 0 spiro atoms. The van der Waals surface area contributed by atoms with Gasteiger partial charge in [0.2, 0.25) is 0 Å². The molecule has 0 saturated carbocycles. The number of fused-ring (bicyclic) bond motifs is 7. The molecule has 0 fully saturated rings. The Balaban J connectivity index is 1.01. The minimum absolute atomic E-state index is 0.0542. The van der Waals surface area contributed by atoms with Crippen LogP contribution in [0.25, 0.3) is 89.2 Å². The van der Waals surface area contributed by atoms with Crippen LogP contribution >= 0.6 is 0 Å². The highest BCUT2D eigenvalue weighted by Crippen LogP contribution is 2.53. The molecule has 276 valence electrons. The standard InChI is InChI=1S/C56H42N2/c1-55(2)47-23-13-12-21-43(47)44-30-29-40(33-49(44)55)42-20-11-10-19-41(42)35-25-27-36(28-26-35)51-34-52(58-54(57-51)37-15-6-5-7-16-37)45-22-14-24-48-53(45)46-31-38-17-8-9-18-39(38)32-50(46)56(48,3)4/h5-34H,1-4H3. The zero-order valence-corrected chi connectivity index (χ0v) is 33.2. The van der Waals surface area contributed by atoms with Crippen LogP contribution in [0.3, 0.4) is 0 Å². The van der Waals surface area contributed by atoms with Crippen LogP contribution in [0.15, 0.2) is 182 Å². The summed E-state index contributed by atoms with van der Waals surface area (Å²) in [4.78, 5) is 10.5. The summed E-state index contributed by atoms with van der Waals surface area (Å²) < 4.78 is 0. The van der Waals surface area contributed by atoms with E-state index in [1.54, 1.807) is 0 Å². The predicted octanol–water partition coefficient (Wildman–Crippen LogP) is 14.6. The summed E-state index contributed by atoms with van der Waals surface area (Å²) in [6.45, 7) is 9.39. The molecule has 2 aliphatic rings. The predicted molar refractivity (Wildman–Crippen MR) is 242 cm³/mol. The van der Waals surface area contributed by atoms with Crippen molar-refractivity contribution in [2.24, 2.45) is 0 Å². The molecule has 0 aliphatic heterocycles. The van der Waals surface area contributed by atoms with Crippen molar-refractivity contribution < 1.29 is 0 Å². The lowest BCUT2D eigenvalue weighted by atomic mass is 9.81. The van der Waals surface area contributed by atoms with Gasteiger partial charge < -0.3 is 0 Å². The Bertz CT molecular complexity index is 3100.